The Balaban J connectivity index is 4.16. The van der Waals surface area contributed by atoms with Crippen LogP contribution in [-0.4, -0.2) is 28.2 Å². The molecule has 0 bridgehead atoms. The SMILES string of the molecule is C=CCC(C[C@H](N)C(=O)O)C(=O)O. The number of carboxylic acid groups (broad SMARTS) is 2. The molecular weight excluding hydrogens is 174 g/mol. The van der Waals surface area contributed by atoms with Crippen LogP contribution in [0.2, 0.25) is 0 Å². The van der Waals surface area contributed by atoms with Gasteiger partial charge in [-0.25, -0.2) is 0 Å². The van der Waals surface area contributed by atoms with Crippen LogP contribution in [0.5, 0.6) is 0 Å². The molecule has 13 heavy (non-hydrogen) atoms. The minimum absolute atomic E-state index is 0.0727. The van der Waals surface area contributed by atoms with Gasteiger partial charge in [-0.1, -0.05) is 6.08 Å². The highest BCUT2D eigenvalue weighted by Crippen LogP contribution is 2.11. The number of aliphatic carboxylic acids is 2. The highest BCUT2D eigenvalue weighted by atomic mass is 16.4. The molecule has 0 aliphatic rings. The van der Waals surface area contributed by atoms with Crippen molar-refractivity contribution in [1.29, 1.82) is 0 Å². The molecule has 0 aromatic rings. The monoisotopic (exact) mass is 187 g/mol. The maximum absolute atomic E-state index is 10.6. The number of hydrogen-bond acceptors (Lipinski definition) is 3. The van der Waals surface area contributed by atoms with Crippen LogP contribution >= 0.6 is 0 Å². The Bertz CT molecular complexity index is 214. The van der Waals surface area contributed by atoms with Crippen molar-refractivity contribution in [1.82, 2.24) is 0 Å². The van der Waals surface area contributed by atoms with Gasteiger partial charge in [0.25, 0.3) is 0 Å². The molecule has 0 heterocycles. The van der Waals surface area contributed by atoms with Crippen LogP contribution in [0.1, 0.15) is 12.8 Å². The largest absolute Gasteiger partial charge is 0.481 e. The molecule has 0 amide bonds. The molecule has 0 aromatic carbocycles. The van der Waals surface area contributed by atoms with Crippen molar-refractivity contribution < 1.29 is 19.8 Å². The fourth-order valence-corrected chi connectivity index (χ4v) is 0.906. The van der Waals surface area contributed by atoms with Crippen LogP contribution in [0, 0.1) is 5.92 Å². The van der Waals surface area contributed by atoms with Gasteiger partial charge in [-0.15, -0.1) is 6.58 Å². The third kappa shape index (κ3) is 4.27. The molecule has 4 N–H and O–H groups in total. The van der Waals surface area contributed by atoms with Gasteiger partial charge in [-0.3, -0.25) is 9.59 Å². The highest BCUT2D eigenvalue weighted by molar-refractivity contribution is 5.75. The highest BCUT2D eigenvalue weighted by Gasteiger charge is 2.22. The van der Waals surface area contributed by atoms with Crippen molar-refractivity contribution in [3.8, 4) is 0 Å². The molecule has 0 saturated heterocycles. The number of rotatable bonds is 6. The van der Waals surface area contributed by atoms with Gasteiger partial charge in [0, 0.05) is 0 Å². The zero-order valence-electron chi connectivity index (χ0n) is 7.14. The Labute approximate surface area is 75.9 Å². The topological polar surface area (TPSA) is 101 Å². The predicted octanol–water partition coefficient (Wildman–Crippen LogP) is 0.0653. The Kier molecular flexibility index (Phi) is 4.76. The first-order valence-corrected chi connectivity index (χ1v) is 3.81. The number of hydrogen-bond donors (Lipinski definition) is 3. The van der Waals surface area contributed by atoms with Crippen molar-refractivity contribution in [2.75, 3.05) is 0 Å². The summed E-state index contributed by atoms with van der Waals surface area (Å²) >= 11 is 0. The standard InChI is InChI=1S/C8H13NO4/c1-2-3-5(7(10)11)4-6(9)8(12)13/h2,5-6H,1,3-4,9H2,(H,10,11)(H,12,13)/t5?,6-/m0/s1. The van der Waals surface area contributed by atoms with Gasteiger partial charge >= 0.3 is 11.9 Å². The first kappa shape index (κ1) is 11.6. The van der Waals surface area contributed by atoms with Crippen molar-refractivity contribution >= 4 is 11.9 Å². The molecule has 5 nitrogen and oxygen atoms in total. The second-order valence-corrected chi connectivity index (χ2v) is 2.74. The van der Waals surface area contributed by atoms with E-state index in [1.54, 1.807) is 0 Å². The van der Waals surface area contributed by atoms with E-state index in [0.29, 0.717) is 0 Å². The van der Waals surface area contributed by atoms with Gasteiger partial charge in [0.15, 0.2) is 0 Å². The number of carbonyl (C=O) groups is 2. The summed E-state index contributed by atoms with van der Waals surface area (Å²) in [7, 11) is 0. The van der Waals surface area contributed by atoms with Crippen molar-refractivity contribution in [2.24, 2.45) is 11.7 Å². The van der Waals surface area contributed by atoms with Gasteiger partial charge in [-0.05, 0) is 12.8 Å². The lowest BCUT2D eigenvalue weighted by Gasteiger charge is -2.12. The predicted molar refractivity (Wildman–Crippen MR) is 46.2 cm³/mol. The summed E-state index contributed by atoms with van der Waals surface area (Å²) in [5.41, 5.74) is 5.19. The summed E-state index contributed by atoms with van der Waals surface area (Å²) < 4.78 is 0. The Morgan fingerprint density at radius 3 is 2.23 bits per heavy atom. The fraction of sp³-hybridized carbons (Fsp3) is 0.500. The zero-order valence-corrected chi connectivity index (χ0v) is 7.14. The van der Waals surface area contributed by atoms with Crippen LogP contribution in [-0.2, 0) is 9.59 Å². The van der Waals surface area contributed by atoms with Crippen LogP contribution in [0.3, 0.4) is 0 Å². The number of carboxylic acids is 2. The quantitative estimate of drug-likeness (QED) is 0.510. The summed E-state index contributed by atoms with van der Waals surface area (Å²) in [4.78, 5) is 20.9. The Hall–Kier alpha value is -1.36. The smallest absolute Gasteiger partial charge is 0.320 e. The van der Waals surface area contributed by atoms with E-state index < -0.39 is 23.9 Å². The molecule has 0 rings (SSSR count). The first-order chi connectivity index (χ1) is 5.99. The summed E-state index contributed by atoms with van der Waals surface area (Å²) in [6.45, 7) is 3.38. The van der Waals surface area contributed by atoms with E-state index in [4.69, 9.17) is 15.9 Å². The van der Waals surface area contributed by atoms with E-state index >= 15 is 0 Å². The lowest BCUT2D eigenvalue weighted by Crippen LogP contribution is -2.34. The van der Waals surface area contributed by atoms with Crippen molar-refractivity contribution in [3.05, 3.63) is 12.7 Å². The average molecular weight is 187 g/mol. The second kappa shape index (κ2) is 5.31. The molecule has 0 aromatic heterocycles. The molecule has 5 heteroatoms. The number of nitrogens with two attached hydrogens (primary N) is 1. The van der Waals surface area contributed by atoms with Crippen LogP contribution < -0.4 is 5.73 Å². The average Bonchev–Trinajstić information content (AvgIpc) is 2.03. The van der Waals surface area contributed by atoms with Gasteiger partial charge in [-0.2, -0.15) is 0 Å². The third-order valence-corrected chi connectivity index (χ3v) is 1.66. The molecule has 1 unspecified atom stereocenters. The van der Waals surface area contributed by atoms with E-state index in [9.17, 15) is 9.59 Å². The molecule has 0 saturated carbocycles. The summed E-state index contributed by atoms with van der Waals surface area (Å²) in [6.07, 6.45) is 1.60. The maximum Gasteiger partial charge on any atom is 0.320 e. The fourth-order valence-electron chi connectivity index (χ4n) is 0.906. The van der Waals surface area contributed by atoms with Crippen LogP contribution in [0.15, 0.2) is 12.7 Å². The lowest BCUT2D eigenvalue weighted by molar-refractivity contribution is -0.143. The third-order valence-electron chi connectivity index (χ3n) is 1.66. The van der Waals surface area contributed by atoms with Crippen molar-refractivity contribution in [3.63, 3.8) is 0 Å². The molecule has 2 atom stereocenters. The second-order valence-electron chi connectivity index (χ2n) is 2.74. The van der Waals surface area contributed by atoms with E-state index in [2.05, 4.69) is 6.58 Å². The first-order valence-electron chi connectivity index (χ1n) is 3.81. The van der Waals surface area contributed by atoms with Crippen molar-refractivity contribution in [2.45, 2.75) is 18.9 Å². The van der Waals surface area contributed by atoms with E-state index in [-0.39, 0.29) is 12.8 Å². The maximum atomic E-state index is 10.6. The molecular formula is C8H13NO4. The zero-order chi connectivity index (χ0) is 10.4. The normalized spacial score (nSPS) is 14.5. The van der Waals surface area contributed by atoms with Gasteiger partial charge in [0.1, 0.15) is 6.04 Å². The van der Waals surface area contributed by atoms with Gasteiger partial charge in [0.2, 0.25) is 0 Å². The molecule has 0 fully saturated rings. The number of allylic oxidation sites excluding steroid dienone is 1. The molecule has 0 radical (unpaired) electrons. The summed E-state index contributed by atoms with van der Waals surface area (Å²) in [5, 5.41) is 17.1. The lowest BCUT2D eigenvalue weighted by atomic mass is 9.97. The molecule has 0 aliphatic carbocycles. The minimum atomic E-state index is -1.18. The molecule has 0 spiro atoms. The summed E-state index contributed by atoms with van der Waals surface area (Å²) in [6, 6.07) is -1.12. The van der Waals surface area contributed by atoms with E-state index in [0.717, 1.165) is 0 Å². The van der Waals surface area contributed by atoms with E-state index in [1.165, 1.54) is 6.08 Å². The molecule has 0 aliphatic heterocycles. The Morgan fingerprint density at radius 2 is 1.92 bits per heavy atom. The van der Waals surface area contributed by atoms with Gasteiger partial charge < -0.3 is 15.9 Å². The minimum Gasteiger partial charge on any atom is -0.481 e. The van der Waals surface area contributed by atoms with Gasteiger partial charge in [0.05, 0.1) is 5.92 Å². The summed E-state index contributed by atoms with van der Waals surface area (Å²) in [5.74, 6) is -2.99. The van der Waals surface area contributed by atoms with Crippen LogP contribution in [0.4, 0.5) is 0 Å². The molecule has 74 valence electrons. The van der Waals surface area contributed by atoms with Crippen LogP contribution in [0.25, 0.3) is 0 Å². The van der Waals surface area contributed by atoms with E-state index in [1.807, 2.05) is 0 Å². The Morgan fingerprint density at radius 1 is 1.38 bits per heavy atom.